The highest BCUT2D eigenvalue weighted by Gasteiger charge is 1.78. The van der Waals surface area contributed by atoms with Gasteiger partial charge in [0.1, 0.15) is 0 Å². The third-order valence-electron chi connectivity index (χ3n) is 1.26. The molecule has 0 aromatic carbocycles. The van der Waals surface area contributed by atoms with E-state index in [1.54, 1.807) is 0 Å². The predicted octanol–water partition coefficient (Wildman–Crippen LogP) is 4.11. The molecule has 0 bridgehead atoms. The quantitative estimate of drug-likeness (QED) is 0.412. The van der Waals surface area contributed by atoms with Crippen LogP contribution in [0.25, 0.3) is 0 Å². The van der Waals surface area contributed by atoms with Crippen LogP contribution in [0.15, 0.2) is 36.5 Å². The normalized spacial score (nSPS) is 9.64. The zero-order valence-electron chi connectivity index (χ0n) is 8.28. The number of allylic oxidation sites excluding steroid dienone is 4. The molecule has 0 aliphatic heterocycles. The molecule has 0 radical (unpaired) electrons. The average molecular weight is 152 g/mol. The molecule has 0 amide bonds. The minimum atomic E-state index is 1.16. The first-order valence-electron chi connectivity index (χ1n) is 3.97. The molecule has 0 aliphatic carbocycles. The molecule has 0 spiro atoms. The molecule has 0 aliphatic rings. The van der Waals surface area contributed by atoms with E-state index in [9.17, 15) is 0 Å². The Morgan fingerprint density at radius 3 is 1.82 bits per heavy atom. The Morgan fingerprint density at radius 1 is 1.09 bits per heavy atom. The second-order valence-corrected chi connectivity index (χ2v) is 2.61. The Kier molecular flexibility index (Phi) is 10.8. The van der Waals surface area contributed by atoms with E-state index in [1.807, 2.05) is 0 Å². The highest BCUT2D eigenvalue weighted by atomic mass is 13.9. The summed E-state index contributed by atoms with van der Waals surface area (Å²) in [5.41, 5.74) is 2.80. The molecule has 0 rings (SSSR count). The molecule has 0 atom stereocenters. The van der Waals surface area contributed by atoms with Crippen LogP contribution in [-0.2, 0) is 0 Å². The number of hydrogen-bond donors (Lipinski definition) is 0. The second-order valence-electron chi connectivity index (χ2n) is 2.61. The van der Waals surface area contributed by atoms with Crippen molar-refractivity contribution >= 4 is 0 Å². The van der Waals surface area contributed by atoms with Gasteiger partial charge in [0.15, 0.2) is 0 Å². The lowest BCUT2D eigenvalue weighted by atomic mass is 10.2. The van der Waals surface area contributed by atoms with Crippen LogP contribution in [0.2, 0.25) is 0 Å². The summed E-state index contributed by atoms with van der Waals surface area (Å²) < 4.78 is 0. The van der Waals surface area contributed by atoms with E-state index in [2.05, 4.69) is 53.0 Å². The highest BCUT2D eigenvalue weighted by Crippen LogP contribution is 1.99. The van der Waals surface area contributed by atoms with Crippen LogP contribution >= 0.6 is 0 Å². The molecule has 11 heavy (non-hydrogen) atoms. The van der Waals surface area contributed by atoms with Gasteiger partial charge in [-0.05, 0) is 27.2 Å². The maximum absolute atomic E-state index is 3.00. The minimum Gasteiger partial charge on any atom is -0.106 e. The van der Waals surface area contributed by atoms with Crippen molar-refractivity contribution in [1.29, 1.82) is 0 Å². The topological polar surface area (TPSA) is 0 Å². The van der Waals surface area contributed by atoms with Gasteiger partial charge in [-0.15, -0.1) is 13.2 Å². The molecule has 0 aromatic heterocycles. The third kappa shape index (κ3) is 12.4. The van der Waals surface area contributed by atoms with Crippen molar-refractivity contribution in [3.8, 4) is 0 Å². The Hall–Kier alpha value is -0.780. The molecule has 0 N–H and O–H groups in total. The first kappa shape index (κ1) is 12.9. The first-order chi connectivity index (χ1) is 5.16. The molecule has 0 nitrogen and oxygen atoms in total. The van der Waals surface area contributed by atoms with Gasteiger partial charge in [0, 0.05) is 0 Å². The fourth-order valence-electron chi connectivity index (χ4n) is 0.427. The minimum absolute atomic E-state index is 1.16. The van der Waals surface area contributed by atoms with Crippen LogP contribution in [0.1, 0.15) is 34.1 Å². The standard InChI is InChI=1S/C9H16.C2H4/c1-5-9(4)7-6-8(2)3;1-2/h6-7H,5H2,1-4H3;1-2H2/b9-7-;. The molecule has 0 fully saturated rings. The fourth-order valence-corrected chi connectivity index (χ4v) is 0.427. The number of hydrogen-bond acceptors (Lipinski definition) is 0. The van der Waals surface area contributed by atoms with E-state index in [0.717, 1.165) is 6.42 Å². The van der Waals surface area contributed by atoms with Gasteiger partial charge in [0.05, 0.1) is 0 Å². The molecule has 0 saturated heterocycles. The summed E-state index contributed by atoms with van der Waals surface area (Å²) in [5.74, 6) is 0. The Balaban J connectivity index is 0. The van der Waals surface area contributed by atoms with Gasteiger partial charge >= 0.3 is 0 Å². The molecule has 0 aromatic rings. The first-order valence-corrected chi connectivity index (χ1v) is 3.97. The summed E-state index contributed by atoms with van der Waals surface area (Å²) in [6, 6.07) is 0. The van der Waals surface area contributed by atoms with Crippen molar-refractivity contribution in [3.05, 3.63) is 36.5 Å². The summed E-state index contributed by atoms with van der Waals surface area (Å²) in [5, 5.41) is 0. The van der Waals surface area contributed by atoms with E-state index < -0.39 is 0 Å². The van der Waals surface area contributed by atoms with Crippen LogP contribution in [0, 0.1) is 0 Å². The number of rotatable bonds is 2. The average Bonchev–Trinajstić information content (AvgIpc) is 2.04. The van der Waals surface area contributed by atoms with Crippen molar-refractivity contribution in [3.63, 3.8) is 0 Å². The lowest BCUT2D eigenvalue weighted by Crippen LogP contribution is -1.68. The molecule has 0 saturated carbocycles. The van der Waals surface area contributed by atoms with Gasteiger partial charge < -0.3 is 0 Å². The summed E-state index contributed by atoms with van der Waals surface area (Å²) >= 11 is 0. The maximum atomic E-state index is 3.00. The van der Waals surface area contributed by atoms with Gasteiger partial charge in [0.25, 0.3) is 0 Å². The van der Waals surface area contributed by atoms with Gasteiger partial charge in [-0.3, -0.25) is 0 Å². The Morgan fingerprint density at radius 2 is 1.55 bits per heavy atom. The van der Waals surface area contributed by atoms with E-state index >= 15 is 0 Å². The molecule has 0 unspecified atom stereocenters. The van der Waals surface area contributed by atoms with Gasteiger partial charge in [-0.2, -0.15) is 0 Å². The Labute approximate surface area is 71.3 Å². The largest absolute Gasteiger partial charge is 0.106 e. The summed E-state index contributed by atoms with van der Waals surface area (Å²) in [4.78, 5) is 0. The molecular formula is C11H20. The van der Waals surface area contributed by atoms with E-state index in [4.69, 9.17) is 0 Å². The maximum Gasteiger partial charge on any atom is -0.0349 e. The zero-order valence-corrected chi connectivity index (χ0v) is 8.28. The van der Waals surface area contributed by atoms with Crippen molar-refractivity contribution in [2.45, 2.75) is 34.1 Å². The highest BCUT2D eigenvalue weighted by molar-refractivity contribution is 5.13. The van der Waals surface area contributed by atoms with Crippen LogP contribution in [0.5, 0.6) is 0 Å². The smallest absolute Gasteiger partial charge is 0.0349 e. The lowest BCUT2D eigenvalue weighted by Gasteiger charge is -1.89. The zero-order chi connectivity index (χ0) is 9.28. The predicted molar refractivity (Wildman–Crippen MR) is 54.7 cm³/mol. The molecule has 0 heterocycles. The summed E-state index contributed by atoms with van der Waals surface area (Å²) in [7, 11) is 0. The molecule has 64 valence electrons. The van der Waals surface area contributed by atoms with Crippen molar-refractivity contribution < 1.29 is 0 Å². The lowest BCUT2D eigenvalue weighted by molar-refractivity contribution is 1.10. The molecular weight excluding hydrogens is 132 g/mol. The van der Waals surface area contributed by atoms with Crippen molar-refractivity contribution in [2.24, 2.45) is 0 Å². The van der Waals surface area contributed by atoms with Gasteiger partial charge in [-0.25, -0.2) is 0 Å². The van der Waals surface area contributed by atoms with E-state index in [1.165, 1.54) is 11.1 Å². The summed E-state index contributed by atoms with van der Waals surface area (Å²) in [6.07, 6.45) is 5.48. The van der Waals surface area contributed by atoms with E-state index in [-0.39, 0.29) is 0 Å². The van der Waals surface area contributed by atoms with Crippen LogP contribution in [-0.4, -0.2) is 0 Å². The van der Waals surface area contributed by atoms with Crippen LogP contribution < -0.4 is 0 Å². The second kappa shape index (κ2) is 9.22. The monoisotopic (exact) mass is 152 g/mol. The summed E-state index contributed by atoms with van der Waals surface area (Å²) in [6.45, 7) is 14.5. The third-order valence-corrected chi connectivity index (χ3v) is 1.26. The van der Waals surface area contributed by atoms with Crippen LogP contribution in [0.4, 0.5) is 0 Å². The van der Waals surface area contributed by atoms with Crippen LogP contribution in [0.3, 0.4) is 0 Å². The SMILES string of the molecule is C=C.CC/C(C)=C\C=C(C)C. The van der Waals surface area contributed by atoms with Gasteiger partial charge in [-0.1, -0.05) is 30.2 Å². The molecule has 0 heteroatoms. The van der Waals surface area contributed by atoms with Crippen molar-refractivity contribution in [1.82, 2.24) is 0 Å². The van der Waals surface area contributed by atoms with Crippen molar-refractivity contribution in [2.75, 3.05) is 0 Å². The fraction of sp³-hybridized carbons (Fsp3) is 0.455. The Bertz CT molecular complexity index is 134. The van der Waals surface area contributed by atoms with E-state index in [0.29, 0.717) is 0 Å². The van der Waals surface area contributed by atoms with Gasteiger partial charge in [0.2, 0.25) is 0 Å².